The molecule has 190 valence electrons. The van der Waals surface area contributed by atoms with Gasteiger partial charge in [-0.3, -0.25) is 9.59 Å². The van der Waals surface area contributed by atoms with Crippen molar-refractivity contribution in [2.75, 3.05) is 13.2 Å². The van der Waals surface area contributed by atoms with Crippen LogP contribution in [0.5, 0.6) is 0 Å². The van der Waals surface area contributed by atoms with Crippen molar-refractivity contribution in [3.05, 3.63) is 105 Å². The van der Waals surface area contributed by atoms with Crippen LogP contribution in [-0.2, 0) is 16.1 Å². The van der Waals surface area contributed by atoms with Crippen molar-refractivity contribution in [1.82, 2.24) is 15.2 Å². The number of amides is 2. The zero-order chi connectivity index (χ0) is 25.6. The summed E-state index contributed by atoms with van der Waals surface area (Å²) in [5.41, 5.74) is 2.97. The van der Waals surface area contributed by atoms with Gasteiger partial charge in [0.05, 0.1) is 6.10 Å². The molecule has 0 spiro atoms. The summed E-state index contributed by atoms with van der Waals surface area (Å²) in [6, 6.07) is 23.8. The number of hydrogen-bond donors (Lipinski definition) is 2. The van der Waals surface area contributed by atoms with Crippen LogP contribution in [0.3, 0.4) is 0 Å². The Labute approximate surface area is 225 Å². The molecule has 1 aliphatic rings. The summed E-state index contributed by atoms with van der Waals surface area (Å²) in [5, 5.41) is 5.49. The van der Waals surface area contributed by atoms with Gasteiger partial charge in [-0.15, -0.1) is 11.3 Å². The van der Waals surface area contributed by atoms with Gasteiger partial charge >= 0.3 is 0 Å². The highest BCUT2D eigenvalue weighted by Crippen LogP contribution is 2.31. The number of benzene rings is 2. The third-order valence-electron chi connectivity index (χ3n) is 6.46. The van der Waals surface area contributed by atoms with Crippen LogP contribution < -0.4 is 5.32 Å². The molecule has 0 unspecified atom stereocenters. The number of carbonyl (C=O) groups excluding carboxylic acids is 2. The summed E-state index contributed by atoms with van der Waals surface area (Å²) in [4.78, 5) is 33.4. The van der Waals surface area contributed by atoms with E-state index >= 15 is 0 Å². The van der Waals surface area contributed by atoms with Crippen molar-refractivity contribution in [3.63, 3.8) is 0 Å². The molecule has 2 amide bonds. The second-order valence-electron chi connectivity index (χ2n) is 8.97. The molecule has 3 heterocycles. The maximum atomic E-state index is 14.1. The van der Waals surface area contributed by atoms with E-state index in [1.807, 2.05) is 72.1 Å². The van der Waals surface area contributed by atoms with Crippen LogP contribution in [0.4, 0.5) is 0 Å². The minimum Gasteiger partial charge on any atom is -0.376 e. The lowest BCUT2D eigenvalue weighted by Crippen LogP contribution is -2.45. The van der Waals surface area contributed by atoms with E-state index in [4.69, 9.17) is 16.3 Å². The number of carbonyl (C=O) groups is 2. The molecular formula is C29H28ClN3O3S. The summed E-state index contributed by atoms with van der Waals surface area (Å²) in [5.74, 6) is -0.527. The molecule has 6 nitrogen and oxygen atoms in total. The number of halogens is 1. The molecule has 0 bridgehead atoms. The lowest BCUT2D eigenvalue weighted by molar-refractivity contribution is -0.126. The number of nitrogens with one attached hydrogen (secondary N) is 2. The fourth-order valence-electron chi connectivity index (χ4n) is 4.54. The lowest BCUT2D eigenvalue weighted by atomic mass is 10.1. The van der Waals surface area contributed by atoms with Crippen LogP contribution in [0.2, 0.25) is 5.02 Å². The molecule has 1 aliphatic heterocycles. The number of rotatable bonds is 9. The second-order valence-corrected chi connectivity index (χ2v) is 10.4. The molecule has 2 N–H and O–H groups in total. The van der Waals surface area contributed by atoms with Gasteiger partial charge in [0, 0.05) is 35.3 Å². The molecule has 0 aliphatic carbocycles. The predicted octanol–water partition coefficient (Wildman–Crippen LogP) is 6.08. The van der Waals surface area contributed by atoms with E-state index in [2.05, 4.69) is 10.3 Å². The molecule has 1 saturated heterocycles. The zero-order valence-electron chi connectivity index (χ0n) is 20.2. The van der Waals surface area contributed by atoms with E-state index in [0.717, 1.165) is 34.5 Å². The van der Waals surface area contributed by atoms with Crippen LogP contribution >= 0.6 is 22.9 Å². The Kier molecular flexibility index (Phi) is 8.04. The normalized spacial score (nSPS) is 15.9. The van der Waals surface area contributed by atoms with Crippen LogP contribution in [0, 0.1) is 0 Å². The Hall–Kier alpha value is -3.39. The number of aromatic nitrogens is 1. The van der Waals surface area contributed by atoms with Gasteiger partial charge in [0.15, 0.2) is 0 Å². The average Bonchev–Trinajstić information content (AvgIpc) is 3.72. The van der Waals surface area contributed by atoms with E-state index in [9.17, 15) is 9.59 Å². The van der Waals surface area contributed by atoms with Gasteiger partial charge in [-0.05, 0) is 53.6 Å². The number of nitrogens with zero attached hydrogens (tertiary/aromatic N) is 1. The smallest absolute Gasteiger partial charge is 0.271 e. The van der Waals surface area contributed by atoms with Gasteiger partial charge in [0.25, 0.3) is 5.91 Å². The molecular weight excluding hydrogens is 506 g/mol. The van der Waals surface area contributed by atoms with Crippen LogP contribution in [0.15, 0.2) is 84.2 Å². The summed E-state index contributed by atoms with van der Waals surface area (Å²) >= 11 is 7.95. The van der Waals surface area contributed by atoms with Gasteiger partial charge in [-0.1, -0.05) is 66.2 Å². The maximum absolute atomic E-state index is 14.1. The van der Waals surface area contributed by atoms with Crippen LogP contribution in [0.25, 0.3) is 11.3 Å². The van der Waals surface area contributed by atoms with Gasteiger partial charge in [0.1, 0.15) is 11.7 Å². The quantitative estimate of drug-likeness (QED) is 0.274. The topological polar surface area (TPSA) is 74.4 Å². The van der Waals surface area contributed by atoms with Gasteiger partial charge in [-0.25, -0.2) is 0 Å². The highest BCUT2D eigenvalue weighted by molar-refractivity contribution is 7.10. The largest absolute Gasteiger partial charge is 0.376 e. The lowest BCUT2D eigenvalue weighted by Gasteiger charge is -2.31. The predicted molar refractivity (Wildman–Crippen MR) is 147 cm³/mol. The number of ether oxygens (including phenoxy) is 1. The molecule has 0 saturated carbocycles. The molecule has 2 aromatic heterocycles. The second kappa shape index (κ2) is 11.8. The van der Waals surface area contributed by atoms with Gasteiger partial charge in [0.2, 0.25) is 5.91 Å². The first kappa shape index (κ1) is 25.3. The monoisotopic (exact) mass is 533 g/mol. The number of hydrogen-bond acceptors (Lipinski definition) is 4. The Balaban J connectivity index is 1.49. The van der Waals surface area contributed by atoms with Crippen molar-refractivity contribution >= 4 is 34.8 Å². The molecule has 37 heavy (non-hydrogen) atoms. The summed E-state index contributed by atoms with van der Waals surface area (Å²) in [6.07, 6.45) is 1.90. The molecule has 2 aromatic carbocycles. The fourth-order valence-corrected chi connectivity index (χ4v) is 5.57. The fraction of sp³-hybridized carbons (Fsp3) is 0.241. The number of thiophene rings is 1. The SMILES string of the molecule is O=C(NC[C@H]1CCCO1)[C@@H](c1cccs1)N(Cc1ccccc1Cl)C(=O)c1ccc(-c2ccccc2)[nH]1. The minimum absolute atomic E-state index is 0.00232. The number of aromatic amines is 1. The first-order valence-electron chi connectivity index (χ1n) is 12.3. The number of H-pyrrole nitrogens is 1. The Morgan fingerprint density at radius 1 is 1.05 bits per heavy atom. The van der Waals surface area contributed by atoms with Crippen molar-refractivity contribution in [1.29, 1.82) is 0 Å². The molecule has 4 aromatic rings. The van der Waals surface area contributed by atoms with Crippen LogP contribution in [0.1, 0.15) is 39.8 Å². The van der Waals surface area contributed by atoms with Crippen molar-refractivity contribution < 1.29 is 14.3 Å². The first-order chi connectivity index (χ1) is 18.1. The summed E-state index contributed by atoms with van der Waals surface area (Å²) in [7, 11) is 0. The average molecular weight is 534 g/mol. The first-order valence-corrected chi connectivity index (χ1v) is 13.6. The van der Waals surface area contributed by atoms with Crippen LogP contribution in [-0.4, -0.2) is 41.0 Å². The van der Waals surface area contributed by atoms with Crippen molar-refractivity contribution in [3.8, 4) is 11.3 Å². The Bertz CT molecular complexity index is 1330. The van der Waals surface area contributed by atoms with Gasteiger partial charge < -0.3 is 19.9 Å². The van der Waals surface area contributed by atoms with E-state index in [1.54, 1.807) is 17.0 Å². The highest BCUT2D eigenvalue weighted by Gasteiger charge is 2.34. The minimum atomic E-state index is -0.825. The molecule has 2 atom stereocenters. The van der Waals surface area contributed by atoms with E-state index in [1.165, 1.54) is 11.3 Å². The van der Waals surface area contributed by atoms with Crippen molar-refractivity contribution in [2.45, 2.75) is 31.5 Å². The third-order valence-corrected chi connectivity index (χ3v) is 7.75. The standard InChI is InChI=1S/C29H28ClN3O3S/c30-23-12-5-4-10-21(23)19-33(29(35)25-15-14-24(32-25)20-8-2-1-3-9-20)27(26-13-7-17-37-26)28(34)31-18-22-11-6-16-36-22/h1-5,7-10,12-15,17,22,27,32H,6,11,16,18-19H2,(H,31,34)/t22-,27-/m1/s1. The van der Waals surface area contributed by atoms with E-state index in [-0.39, 0.29) is 24.5 Å². The Morgan fingerprint density at radius 3 is 2.59 bits per heavy atom. The zero-order valence-corrected chi connectivity index (χ0v) is 21.8. The van der Waals surface area contributed by atoms with E-state index < -0.39 is 6.04 Å². The van der Waals surface area contributed by atoms with E-state index in [0.29, 0.717) is 23.9 Å². The maximum Gasteiger partial charge on any atom is 0.271 e. The molecule has 1 fully saturated rings. The Morgan fingerprint density at radius 2 is 1.86 bits per heavy atom. The summed E-state index contributed by atoms with van der Waals surface area (Å²) in [6.45, 7) is 1.30. The summed E-state index contributed by atoms with van der Waals surface area (Å²) < 4.78 is 5.69. The van der Waals surface area contributed by atoms with Gasteiger partial charge in [-0.2, -0.15) is 0 Å². The third kappa shape index (κ3) is 5.96. The molecule has 8 heteroatoms. The van der Waals surface area contributed by atoms with Crippen molar-refractivity contribution in [2.24, 2.45) is 0 Å². The molecule has 0 radical (unpaired) electrons. The highest BCUT2D eigenvalue weighted by atomic mass is 35.5. The molecule has 5 rings (SSSR count).